The van der Waals surface area contributed by atoms with Crippen LogP contribution in [0.1, 0.15) is 13.8 Å². The second-order valence-electron chi connectivity index (χ2n) is 4.19. The fourth-order valence-electron chi connectivity index (χ4n) is 1.50. The molecule has 1 aromatic carbocycles. The lowest BCUT2D eigenvalue weighted by Crippen LogP contribution is -2.42. The Morgan fingerprint density at radius 2 is 2.16 bits per heavy atom. The van der Waals surface area contributed by atoms with Gasteiger partial charge in [-0.25, -0.2) is 8.42 Å². The molecule has 0 saturated heterocycles. The number of sulfonamides is 1. The van der Waals surface area contributed by atoms with Gasteiger partial charge in [-0.15, -0.1) is 0 Å². The highest BCUT2D eigenvalue weighted by atomic mass is 35.5. The summed E-state index contributed by atoms with van der Waals surface area (Å²) in [6.07, 6.45) is 0. The number of rotatable bonds is 5. The number of halogens is 1. The molecule has 0 fully saturated rings. The van der Waals surface area contributed by atoms with E-state index in [1.165, 1.54) is 12.1 Å². The van der Waals surface area contributed by atoms with Crippen molar-refractivity contribution in [3.8, 4) is 0 Å². The van der Waals surface area contributed by atoms with Crippen LogP contribution in [0.15, 0.2) is 34.3 Å². The molecule has 0 radical (unpaired) electrons. The van der Waals surface area contributed by atoms with Crippen LogP contribution in [0.2, 0.25) is 5.02 Å². The zero-order chi connectivity index (χ0) is 14.6. The van der Waals surface area contributed by atoms with Crippen LogP contribution in [-0.2, 0) is 10.0 Å². The van der Waals surface area contributed by atoms with Crippen molar-refractivity contribution >= 4 is 27.5 Å². The summed E-state index contributed by atoms with van der Waals surface area (Å²) in [5.41, 5.74) is 5.38. The van der Waals surface area contributed by atoms with Gasteiger partial charge in [0.15, 0.2) is 5.84 Å². The summed E-state index contributed by atoms with van der Waals surface area (Å²) in [5.74, 6) is -0.181. The van der Waals surface area contributed by atoms with Crippen molar-refractivity contribution in [1.29, 1.82) is 0 Å². The maximum Gasteiger partial charge on any atom is 0.243 e. The molecule has 8 heteroatoms. The van der Waals surface area contributed by atoms with E-state index in [2.05, 4.69) is 5.16 Å². The van der Waals surface area contributed by atoms with Gasteiger partial charge in [-0.05, 0) is 32.0 Å². The Labute approximate surface area is 117 Å². The summed E-state index contributed by atoms with van der Waals surface area (Å²) >= 11 is 5.80. The average molecular weight is 306 g/mol. The molecule has 106 valence electrons. The van der Waals surface area contributed by atoms with Crippen molar-refractivity contribution in [1.82, 2.24) is 4.31 Å². The second-order valence-corrected chi connectivity index (χ2v) is 6.52. The third kappa shape index (κ3) is 3.82. The summed E-state index contributed by atoms with van der Waals surface area (Å²) in [6.45, 7) is 3.21. The van der Waals surface area contributed by atoms with E-state index in [4.69, 9.17) is 22.5 Å². The topological polar surface area (TPSA) is 96.0 Å². The Balaban J connectivity index is 3.21. The van der Waals surface area contributed by atoms with Gasteiger partial charge in [0.05, 0.1) is 11.4 Å². The molecule has 0 aromatic heterocycles. The molecule has 0 bridgehead atoms. The molecule has 0 spiro atoms. The highest BCUT2D eigenvalue weighted by Crippen LogP contribution is 2.21. The lowest BCUT2D eigenvalue weighted by Gasteiger charge is -2.25. The van der Waals surface area contributed by atoms with Gasteiger partial charge in [0.1, 0.15) is 0 Å². The molecule has 1 rings (SSSR count). The monoisotopic (exact) mass is 305 g/mol. The molecule has 0 aliphatic carbocycles. The van der Waals surface area contributed by atoms with Crippen molar-refractivity contribution in [3.63, 3.8) is 0 Å². The summed E-state index contributed by atoms with van der Waals surface area (Å²) in [7, 11) is -3.75. The first-order valence-electron chi connectivity index (χ1n) is 5.53. The maximum atomic E-state index is 12.5. The van der Waals surface area contributed by atoms with Crippen LogP contribution in [0.25, 0.3) is 0 Å². The molecular formula is C11H16ClN3O3S. The van der Waals surface area contributed by atoms with E-state index in [0.717, 1.165) is 4.31 Å². The van der Waals surface area contributed by atoms with Crippen molar-refractivity contribution in [2.75, 3.05) is 6.54 Å². The van der Waals surface area contributed by atoms with Crippen LogP contribution in [0.4, 0.5) is 0 Å². The van der Waals surface area contributed by atoms with Gasteiger partial charge in [-0.1, -0.05) is 22.8 Å². The van der Waals surface area contributed by atoms with E-state index >= 15 is 0 Å². The van der Waals surface area contributed by atoms with Crippen molar-refractivity contribution in [3.05, 3.63) is 29.3 Å². The second kappa shape index (κ2) is 6.23. The number of nitrogens with zero attached hydrogens (tertiary/aromatic N) is 2. The number of hydrogen-bond donors (Lipinski definition) is 2. The predicted octanol–water partition coefficient (Wildman–Crippen LogP) is 1.49. The number of nitrogens with two attached hydrogens (primary N) is 1. The lowest BCUT2D eigenvalue weighted by atomic mass is 10.4. The molecule has 0 atom stereocenters. The third-order valence-corrected chi connectivity index (χ3v) is 4.68. The summed E-state index contributed by atoms with van der Waals surface area (Å²) in [5, 5.41) is 11.7. The minimum Gasteiger partial charge on any atom is -0.409 e. The van der Waals surface area contributed by atoms with Crippen molar-refractivity contribution < 1.29 is 13.6 Å². The van der Waals surface area contributed by atoms with E-state index in [9.17, 15) is 8.42 Å². The highest BCUT2D eigenvalue weighted by molar-refractivity contribution is 7.89. The standard InChI is InChI=1S/C11H16ClN3O3S/c1-8(2)15(7-11(13)14-16)19(17,18)10-5-3-4-9(12)6-10/h3-6,8,16H,7H2,1-2H3,(H2,13,14). The largest absolute Gasteiger partial charge is 0.409 e. The number of hydrogen-bond acceptors (Lipinski definition) is 4. The molecular weight excluding hydrogens is 290 g/mol. The smallest absolute Gasteiger partial charge is 0.243 e. The summed E-state index contributed by atoms with van der Waals surface area (Å²) in [6, 6.07) is 5.60. The van der Waals surface area contributed by atoms with Crippen molar-refractivity contribution in [2.24, 2.45) is 10.9 Å². The van der Waals surface area contributed by atoms with Crippen molar-refractivity contribution in [2.45, 2.75) is 24.8 Å². The Bertz CT molecular complexity index is 572. The van der Waals surface area contributed by atoms with Crippen LogP contribution in [0.3, 0.4) is 0 Å². The van der Waals surface area contributed by atoms with E-state index in [1.54, 1.807) is 26.0 Å². The van der Waals surface area contributed by atoms with E-state index < -0.39 is 10.0 Å². The minimum absolute atomic E-state index is 0.0689. The molecule has 1 aromatic rings. The molecule has 6 nitrogen and oxygen atoms in total. The van der Waals surface area contributed by atoms with E-state index in [1.807, 2.05) is 0 Å². The Morgan fingerprint density at radius 1 is 1.53 bits per heavy atom. The van der Waals surface area contributed by atoms with Crippen LogP contribution in [0.5, 0.6) is 0 Å². The lowest BCUT2D eigenvalue weighted by molar-refractivity contribution is 0.312. The summed E-state index contributed by atoms with van der Waals surface area (Å²) in [4.78, 5) is 0.0689. The number of benzene rings is 1. The van der Waals surface area contributed by atoms with Crippen LogP contribution in [-0.4, -0.2) is 36.4 Å². The number of amidine groups is 1. The molecule has 0 aliphatic heterocycles. The normalized spacial score (nSPS) is 13.2. The van der Waals surface area contributed by atoms with Crippen LogP contribution in [0, 0.1) is 0 Å². The van der Waals surface area contributed by atoms with Gasteiger partial charge in [-0.2, -0.15) is 4.31 Å². The first-order valence-corrected chi connectivity index (χ1v) is 7.34. The quantitative estimate of drug-likeness (QED) is 0.373. The fourth-order valence-corrected chi connectivity index (χ4v) is 3.41. The van der Waals surface area contributed by atoms with Gasteiger partial charge in [0, 0.05) is 11.1 Å². The SMILES string of the molecule is CC(C)N(CC(N)=NO)S(=O)(=O)c1cccc(Cl)c1. The van der Waals surface area contributed by atoms with E-state index in [0.29, 0.717) is 5.02 Å². The fraction of sp³-hybridized carbons (Fsp3) is 0.364. The van der Waals surface area contributed by atoms with E-state index in [-0.39, 0.29) is 23.3 Å². The molecule has 19 heavy (non-hydrogen) atoms. The minimum atomic E-state index is -3.75. The number of oxime groups is 1. The first-order chi connectivity index (χ1) is 8.78. The molecule has 0 heterocycles. The van der Waals surface area contributed by atoms with Gasteiger partial charge < -0.3 is 10.9 Å². The Hall–Kier alpha value is -1.31. The third-order valence-electron chi connectivity index (χ3n) is 2.42. The first kappa shape index (κ1) is 15.7. The zero-order valence-electron chi connectivity index (χ0n) is 10.6. The summed E-state index contributed by atoms with van der Waals surface area (Å²) < 4.78 is 26.0. The molecule has 3 N–H and O–H groups in total. The molecule has 0 unspecified atom stereocenters. The maximum absolute atomic E-state index is 12.5. The molecule has 0 amide bonds. The Kier molecular flexibility index (Phi) is 5.16. The van der Waals surface area contributed by atoms with Crippen LogP contribution >= 0.6 is 11.6 Å². The van der Waals surface area contributed by atoms with Gasteiger partial charge in [0.25, 0.3) is 0 Å². The van der Waals surface area contributed by atoms with Gasteiger partial charge in [0.2, 0.25) is 10.0 Å². The molecule has 0 aliphatic rings. The average Bonchev–Trinajstić information content (AvgIpc) is 2.34. The Morgan fingerprint density at radius 3 is 2.63 bits per heavy atom. The van der Waals surface area contributed by atoms with Gasteiger partial charge >= 0.3 is 0 Å². The highest BCUT2D eigenvalue weighted by Gasteiger charge is 2.28. The predicted molar refractivity (Wildman–Crippen MR) is 73.9 cm³/mol. The zero-order valence-corrected chi connectivity index (χ0v) is 12.2. The molecule has 0 saturated carbocycles. The van der Waals surface area contributed by atoms with Gasteiger partial charge in [-0.3, -0.25) is 0 Å². The van der Waals surface area contributed by atoms with Crippen LogP contribution < -0.4 is 5.73 Å².